The summed E-state index contributed by atoms with van der Waals surface area (Å²) in [5.74, 6) is 0. The number of halogens is 12. The van der Waals surface area contributed by atoms with Gasteiger partial charge in [-0.2, -0.15) is 0 Å². The number of rotatable bonds is 0. The summed E-state index contributed by atoms with van der Waals surface area (Å²) in [6.45, 7) is 0. The molecule has 96 valence electrons. The zero-order valence-corrected chi connectivity index (χ0v) is 12.9. The minimum atomic E-state index is -6.00. The maximum Gasteiger partial charge on any atom is 2.00 e. The molecule has 0 aromatic carbocycles. The van der Waals surface area contributed by atoms with Crippen LogP contribution in [0.5, 0.6) is 0 Å². The summed E-state index contributed by atoms with van der Waals surface area (Å²) in [5, 5.41) is 0. The monoisotopic (exact) mass is 355 g/mol. The van der Waals surface area contributed by atoms with Crippen LogP contribution < -0.4 is 58.2 Å². The average molecular weight is 355 g/mol. The predicted octanol–water partition coefficient (Wildman–Crippen LogP) is 0.523. The molecule has 0 unspecified atom stereocenters. The minimum absolute atomic E-state index is 0. The minimum Gasteiger partial charge on any atom is -0.418 e. The molecule has 0 aromatic rings. The van der Waals surface area contributed by atoms with Crippen molar-refractivity contribution in [3.63, 3.8) is 0 Å². The summed E-state index contributed by atoms with van der Waals surface area (Å²) in [5.41, 5.74) is 0. The summed E-state index contributed by atoms with van der Waals surface area (Å²) in [7, 11) is -18.0. The summed E-state index contributed by atoms with van der Waals surface area (Å²) >= 11 is 0. The molecule has 0 radical (unpaired) electrons. The second-order valence-corrected chi connectivity index (χ2v) is 1.48. The molecular formula is B3BeF12Rb. The standard InChI is InChI=1S/3BF4.Be.Rb/c3*2-1(3,4)5;;/q3*-1;+2;+1. The third-order valence-electron chi connectivity index (χ3n) is 0. The molecular weight excluding hydrogens is 355 g/mol. The predicted molar refractivity (Wildman–Crippen MR) is 36.3 cm³/mol. The van der Waals surface area contributed by atoms with E-state index in [9.17, 15) is 51.8 Å². The molecule has 0 aliphatic heterocycles. The first-order valence-electron chi connectivity index (χ1n) is 2.62. The van der Waals surface area contributed by atoms with E-state index >= 15 is 0 Å². The number of hydrogen-bond donors (Lipinski definition) is 0. The molecule has 0 rings (SSSR count). The van der Waals surface area contributed by atoms with Gasteiger partial charge >= 0.3 is 90.1 Å². The molecule has 0 saturated heterocycles. The fraction of sp³-hybridized carbons (Fsp3) is 0. The Morgan fingerprint density at radius 3 is 0.353 bits per heavy atom. The van der Waals surface area contributed by atoms with Crippen LogP contribution in [0.4, 0.5) is 51.8 Å². The van der Waals surface area contributed by atoms with Crippen molar-refractivity contribution in [2.75, 3.05) is 0 Å². The normalized spacial score (nSPS) is 10.6. The van der Waals surface area contributed by atoms with E-state index in [2.05, 4.69) is 0 Å². The van der Waals surface area contributed by atoms with Crippen LogP contribution in [0.15, 0.2) is 0 Å². The topological polar surface area (TPSA) is 0 Å². The zero-order valence-electron chi connectivity index (χ0n) is 7.97. The van der Waals surface area contributed by atoms with Crippen LogP contribution in [0.2, 0.25) is 0 Å². The van der Waals surface area contributed by atoms with E-state index in [1.54, 1.807) is 0 Å². The van der Waals surface area contributed by atoms with Gasteiger partial charge in [-0.3, -0.25) is 0 Å². The molecule has 17 heteroatoms. The van der Waals surface area contributed by atoms with Crippen molar-refractivity contribution in [3.8, 4) is 0 Å². The van der Waals surface area contributed by atoms with E-state index < -0.39 is 21.8 Å². The Balaban J connectivity index is -0.0000000400. The SMILES string of the molecule is F[B-](F)(F)F.F[B-](F)(F)F.F[B-](F)(F)F.[Be+2].[Rb+]. The average Bonchev–Trinajstić information content (AvgIpc) is 1.41. The van der Waals surface area contributed by atoms with E-state index in [0.717, 1.165) is 0 Å². The first-order chi connectivity index (χ1) is 6.00. The fourth-order valence-corrected chi connectivity index (χ4v) is 0. The first-order valence-corrected chi connectivity index (χ1v) is 2.62. The van der Waals surface area contributed by atoms with Crippen molar-refractivity contribution >= 4 is 31.9 Å². The largest absolute Gasteiger partial charge is 2.00 e. The molecule has 0 aliphatic rings. The molecule has 0 aromatic heterocycles. The second-order valence-electron chi connectivity index (χ2n) is 1.48. The van der Waals surface area contributed by atoms with Crippen molar-refractivity contribution in [3.05, 3.63) is 0 Å². The Labute approximate surface area is 140 Å². The maximum absolute atomic E-state index is 9.75. The summed E-state index contributed by atoms with van der Waals surface area (Å²) in [6, 6.07) is 0. The van der Waals surface area contributed by atoms with Crippen molar-refractivity contribution in [2.45, 2.75) is 0 Å². The van der Waals surface area contributed by atoms with Crippen LogP contribution in [-0.4, -0.2) is 31.9 Å². The molecule has 0 amide bonds. The van der Waals surface area contributed by atoms with Crippen LogP contribution in [0.1, 0.15) is 0 Å². The van der Waals surface area contributed by atoms with Crippen LogP contribution in [0.25, 0.3) is 0 Å². The maximum atomic E-state index is 9.75. The molecule has 0 N–H and O–H groups in total. The van der Waals surface area contributed by atoms with Crippen LogP contribution in [-0.2, 0) is 0 Å². The Bertz CT molecular complexity index is 96.8. The molecule has 0 spiro atoms. The number of hydrogen-bond acceptors (Lipinski definition) is 0. The van der Waals surface area contributed by atoms with Crippen molar-refractivity contribution in [2.24, 2.45) is 0 Å². The Hall–Kier alpha value is 1.33. The Morgan fingerprint density at radius 2 is 0.353 bits per heavy atom. The molecule has 0 saturated carbocycles. The Morgan fingerprint density at radius 1 is 0.353 bits per heavy atom. The summed E-state index contributed by atoms with van der Waals surface area (Å²) < 4.78 is 117. The quantitative estimate of drug-likeness (QED) is 0.439. The smallest absolute Gasteiger partial charge is 0.418 e. The van der Waals surface area contributed by atoms with E-state index in [4.69, 9.17) is 0 Å². The van der Waals surface area contributed by atoms with Gasteiger partial charge in [-0.05, 0) is 0 Å². The van der Waals surface area contributed by atoms with E-state index in [0.29, 0.717) is 0 Å². The van der Waals surface area contributed by atoms with Gasteiger partial charge in [-0.15, -0.1) is 0 Å². The Kier molecular flexibility index (Phi) is 22.5. The van der Waals surface area contributed by atoms with Crippen molar-refractivity contribution < 1.29 is 110 Å². The molecule has 0 aliphatic carbocycles. The van der Waals surface area contributed by atoms with Gasteiger partial charge in [-0.25, -0.2) is 0 Å². The fourth-order valence-electron chi connectivity index (χ4n) is 0. The third kappa shape index (κ3) is 2310. The molecule has 0 nitrogen and oxygen atoms in total. The molecule has 0 heterocycles. The second kappa shape index (κ2) is 12.4. The van der Waals surface area contributed by atoms with Crippen LogP contribution in [0.3, 0.4) is 0 Å². The van der Waals surface area contributed by atoms with Crippen molar-refractivity contribution in [1.29, 1.82) is 0 Å². The third-order valence-corrected chi connectivity index (χ3v) is 0. The van der Waals surface area contributed by atoms with Gasteiger partial charge in [0, 0.05) is 0 Å². The van der Waals surface area contributed by atoms with Gasteiger partial charge in [0.1, 0.15) is 0 Å². The van der Waals surface area contributed by atoms with E-state index in [1.807, 2.05) is 0 Å². The van der Waals surface area contributed by atoms with Gasteiger partial charge in [0.05, 0.1) is 0 Å². The van der Waals surface area contributed by atoms with Gasteiger partial charge in [0.2, 0.25) is 0 Å². The molecule has 0 fully saturated rings. The van der Waals surface area contributed by atoms with Gasteiger partial charge in [0.15, 0.2) is 0 Å². The van der Waals surface area contributed by atoms with Crippen LogP contribution in [0, 0.1) is 0 Å². The zero-order chi connectivity index (χ0) is 13.5. The van der Waals surface area contributed by atoms with E-state index in [-0.39, 0.29) is 68.3 Å². The molecule has 17 heavy (non-hydrogen) atoms. The van der Waals surface area contributed by atoms with Gasteiger partial charge < -0.3 is 51.8 Å². The van der Waals surface area contributed by atoms with Gasteiger partial charge in [-0.1, -0.05) is 0 Å². The van der Waals surface area contributed by atoms with Crippen LogP contribution >= 0.6 is 0 Å². The summed E-state index contributed by atoms with van der Waals surface area (Å²) in [6.07, 6.45) is 0. The molecule has 0 bridgehead atoms. The van der Waals surface area contributed by atoms with Crippen molar-refractivity contribution in [1.82, 2.24) is 0 Å². The summed E-state index contributed by atoms with van der Waals surface area (Å²) in [4.78, 5) is 0. The van der Waals surface area contributed by atoms with E-state index in [1.165, 1.54) is 0 Å². The van der Waals surface area contributed by atoms with Gasteiger partial charge in [0.25, 0.3) is 0 Å². The molecule has 0 atom stereocenters. The first kappa shape index (κ1) is 31.0.